The van der Waals surface area contributed by atoms with Gasteiger partial charge in [0.25, 0.3) is 0 Å². The lowest BCUT2D eigenvalue weighted by Gasteiger charge is -2.27. The van der Waals surface area contributed by atoms with E-state index < -0.39 is 0 Å². The van der Waals surface area contributed by atoms with Crippen LogP contribution in [0.2, 0.25) is 0 Å². The van der Waals surface area contributed by atoms with E-state index in [0.717, 1.165) is 39.4 Å². The van der Waals surface area contributed by atoms with Crippen LogP contribution in [0.4, 0.5) is 17.1 Å². The van der Waals surface area contributed by atoms with Crippen LogP contribution in [0.3, 0.4) is 0 Å². The molecule has 11 rings (SSSR count). The van der Waals surface area contributed by atoms with Gasteiger partial charge in [0.05, 0.1) is 5.69 Å². The first-order valence-corrected chi connectivity index (χ1v) is 19.2. The Balaban J connectivity index is 1.00. The zero-order chi connectivity index (χ0) is 37.0. The van der Waals surface area contributed by atoms with E-state index in [1.54, 1.807) is 0 Å². The molecule has 0 atom stereocenters. The molecule has 1 aromatic heterocycles. The van der Waals surface area contributed by atoms with Gasteiger partial charge in [0.15, 0.2) is 0 Å². The Morgan fingerprint density at radius 1 is 0.304 bits per heavy atom. The third-order valence-corrected chi connectivity index (χ3v) is 11.2. The molecule has 0 aliphatic rings. The first kappa shape index (κ1) is 32.0. The topological polar surface area (TPSA) is 16.4 Å². The second-order valence-electron chi connectivity index (χ2n) is 14.5. The van der Waals surface area contributed by atoms with Crippen molar-refractivity contribution in [3.63, 3.8) is 0 Å². The maximum Gasteiger partial charge on any atom is 0.137 e. The molecule has 0 radical (unpaired) electrons. The summed E-state index contributed by atoms with van der Waals surface area (Å²) < 4.78 is 6.47. The first-order chi connectivity index (χ1) is 27.7. The normalized spacial score (nSPS) is 11.6. The van der Waals surface area contributed by atoms with Gasteiger partial charge >= 0.3 is 0 Å². The van der Waals surface area contributed by atoms with E-state index in [2.05, 4.69) is 205 Å². The molecular weight excluding hydrogens is 679 g/mol. The minimum atomic E-state index is 0.840. The number of para-hydroxylation sites is 2. The Morgan fingerprint density at radius 3 is 1.32 bits per heavy atom. The minimum Gasteiger partial charge on any atom is -0.456 e. The van der Waals surface area contributed by atoms with Crippen molar-refractivity contribution in [1.29, 1.82) is 0 Å². The Hall–Kier alpha value is -7.42. The van der Waals surface area contributed by atoms with E-state index in [1.807, 2.05) is 12.1 Å². The van der Waals surface area contributed by atoms with Crippen LogP contribution in [0.15, 0.2) is 217 Å². The Morgan fingerprint density at radius 2 is 0.750 bits per heavy atom. The first-order valence-electron chi connectivity index (χ1n) is 19.2. The van der Waals surface area contributed by atoms with Crippen LogP contribution in [0.25, 0.3) is 87.6 Å². The van der Waals surface area contributed by atoms with Gasteiger partial charge in [-0.3, -0.25) is 0 Å². The predicted molar refractivity (Wildman–Crippen MR) is 237 cm³/mol. The van der Waals surface area contributed by atoms with Gasteiger partial charge in [0, 0.05) is 22.3 Å². The van der Waals surface area contributed by atoms with Gasteiger partial charge in [0.1, 0.15) is 11.3 Å². The van der Waals surface area contributed by atoms with E-state index in [0.29, 0.717) is 0 Å². The van der Waals surface area contributed by atoms with Crippen LogP contribution in [-0.4, -0.2) is 0 Å². The smallest absolute Gasteiger partial charge is 0.137 e. The third kappa shape index (κ3) is 5.51. The molecule has 0 saturated carbocycles. The van der Waals surface area contributed by atoms with Crippen molar-refractivity contribution in [2.75, 3.05) is 4.90 Å². The summed E-state index contributed by atoms with van der Waals surface area (Å²) in [4.78, 5) is 2.34. The molecule has 0 bridgehead atoms. The van der Waals surface area contributed by atoms with E-state index in [4.69, 9.17) is 4.42 Å². The highest BCUT2D eigenvalue weighted by molar-refractivity contribution is 6.09. The molecule has 262 valence electrons. The maximum atomic E-state index is 6.47. The van der Waals surface area contributed by atoms with Crippen molar-refractivity contribution in [2.24, 2.45) is 0 Å². The van der Waals surface area contributed by atoms with Crippen molar-refractivity contribution in [1.82, 2.24) is 0 Å². The minimum absolute atomic E-state index is 0.840. The summed E-state index contributed by atoms with van der Waals surface area (Å²) in [5.41, 5.74) is 9.82. The van der Waals surface area contributed by atoms with Crippen molar-refractivity contribution >= 4 is 71.1 Å². The lowest BCUT2D eigenvalue weighted by Crippen LogP contribution is -2.11. The number of nitrogens with zero attached hydrogens (tertiary/aromatic N) is 1. The molecule has 0 fully saturated rings. The highest BCUT2D eigenvalue weighted by Crippen LogP contribution is 2.43. The quantitative estimate of drug-likeness (QED) is 0.160. The third-order valence-electron chi connectivity index (χ3n) is 11.2. The van der Waals surface area contributed by atoms with Gasteiger partial charge in [-0.2, -0.15) is 0 Å². The largest absolute Gasteiger partial charge is 0.456 e. The van der Waals surface area contributed by atoms with Crippen molar-refractivity contribution in [2.45, 2.75) is 0 Å². The fourth-order valence-electron chi connectivity index (χ4n) is 8.41. The lowest BCUT2D eigenvalue weighted by molar-refractivity contribution is 0.631. The number of hydrogen-bond acceptors (Lipinski definition) is 2. The standard InChI is InChI=1S/C54H35NO/c1-4-12-47-38(9-1)17-19-42-33-40(25-31-49(42)47)36-21-27-45(28-22-36)55(52-15-7-6-14-51(52)54-35-44-11-3-8-16-53(44)56-54)46-29-23-37(24-30-46)41-26-32-50-43(34-41)20-18-39-10-2-5-13-48(39)50/h1-35H. The van der Waals surface area contributed by atoms with Gasteiger partial charge < -0.3 is 9.32 Å². The summed E-state index contributed by atoms with van der Waals surface area (Å²) in [6.07, 6.45) is 0. The Kier molecular flexibility index (Phi) is 7.53. The summed E-state index contributed by atoms with van der Waals surface area (Å²) in [5, 5.41) is 11.2. The van der Waals surface area contributed by atoms with Crippen molar-refractivity contribution in [3.05, 3.63) is 212 Å². The van der Waals surface area contributed by atoms with Crippen LogP contribution in [0, 0.1) is 0 Å². The Labute approximate surface area is 325 Å². The summed E-state index contributed by atoms with van der Waals surface area (Å²) in [7, 11) is 0. The summed E-state index contributed by atoms with van der Waals surface area (Å²) in [5.74, 6) is 0.840. The van der Waals surface area contributed by atoms with Crippen LogP contribution in [-0.2, 0) is 0 Å². The Bertz CT molecular complexity index is 3050. The maximum absolute atomic E-state index is 6.47. The SMILES string of the molecule is c1ccc(N(c2ccc(-c3ccc4c(ccc5ccccc54)c3)cc2)c2ccc(-c3ccc4c(ccc5ccccc54)c3)cc2)c(-c2cc3ccccc3o2)c1. The highest BCUT2D eigenvalue weighted by atomic mass is 16.3. The number of furan rings is 1. The zero-order valence-corrected chi connectivity index (χ0v) is 30.6. The summed E-state index contributed by atoms with van der Waals surface area (Å²) in [6.45, 7) is 0. The average Bonchev–Trinajstić information content (AvgIpc) is 3.71. The van der Waals surface area contributed by atoms with Crippen LogP contribution in [0.1, 0.15) is 0 Å². The second kappa shape index (κ2) is 13.2. The predicted octanol–water partition coefficient (Wildman–Crippen LogP) is 15.5. The molecule has 56 heavy (non-hydrogen) atoms. The molecule has 0 saturated heterocycles. The number of benzene rings is 10. The molecule has 0 aliphatic carbocycles. The fourth-order valence-corrected chi connectivity index (χ4v) is 8.41. The number of rotatable bonds is 6. The molecule has 2 nitrogen and oxygen atoms in total. The number of fused-ring (bicyclic) bond motifs is 7. The van der Waals surface area contributed by atoms with E-state index in [1.165, 1.54) is 65.3 Å². The molecule has 10 aromatic carbocycles. The van der Waals surface area contributed by atoms with Crippen LogP contribution < -0.4 is 4.90 Å². The number of anilines is 3. The molecule has 0 unspecified atom stereocenters. The van der Waals surface area contributed by atoms with Gasteiger partial charge in [-0.1, -0.05) is 152 Å². The molecule has 0 spiro atoms. The molecular formula is C54H35NO. The molecule has 1 heterocycles. The molecule has 2 heteroatoms. The fraction of sp³-hybridized carbons (Fsp3) is 0. The van der Waals surface area contributed by atoms with Gasteiger partial charge in [-0.05, 0) is 126 Å². The lowest BCUT2D eigenvalue weighted by atomic mass is 9.97. The summed E-state index contributed by atoms with van der Waals surface area (Å²) >= 11 is 0. The van der Waals surface area contributed by atoms with E-state index in [9.17, 15) is 0 Å². The molecule has 11 aromatic rings. The number of hydrogen-bond donors (Lipinski definition) is 0. The second-order valence-corrected chi connectivity index (χ2v) is 14.5. The molecule has 0 amide bonds. The van der Waals surface area contributed by atoms with E-state index >= 15 is 0 Å². The monoisotopic (exact) mass is 713 g/mol. The summed E-state index contributed by atoms with van der Waals surface area (Å²) in [6, 6.07) is 76.5. The van der Waals surface area contributed by atoms with Crippen LogP contribution >= 0.6 is 0 Å². The van der Waals surface area contributed by atoms with Gasteiger partial charge in [-0.15, -0.1) is 0 Å². The highest BCUT2D eigenvalue weighted by Gasteiger charge is 2.20. The van der Waals surface area contributed by atoms with Gasteiger partial charge in [0.2, 0.25) is 0 Å². The molecule has 0 N–H and O–H groups in total. The van der Waals surface area contributed by atoms with Crippen LogP contribution in [0.5, 0.6) is 0 Å². The van der Waals surface area contributed by atoms with Gasteiger partial charge in [-0.25, -0.2) is 0 Å². The zero-order valence-electron chi connectivity index (χ0n) is 30.6. The average molecular weight is 714 g/mol. The molecule has 0 aliphatic heterocycles. The van der Waals surface area contributed by atoms with E-state index in [-0.39, 0.29) is 0 Å². The van der Waals surface area contributed by atoms with Crippen molar-refractivity contribution in [3.8, 4) is 33.6 Å². The van der Waals surface area contributed by atoms with Crippen molar-refractivity contribution < 1.29 is 4.42 Å².